The van der Waals surface area contributed by atoms with Crippen LogP contribution in [0.5, 0.6) is 0 Å². The molecule has 0 bridgehead atoms. The van der Waals surface area contributed by atoms with Gasteiger partial charge in [-0.25, -0.2) is 19.6 Å². The predicted molar refractivity (Wildman–Crippen MR) is 139 cm³/mol. The fourth-order valence-corrected chi connectivity index (χ4v) is 4.54. The van der Waals surface area contributed by atoms with E-state index in [1.165, 1.54) is 0 Å². The van der Waals surface area contributed by atoms with E-state index in [9.17, 15) is 4.79 Å². The lowest BCUT2D eigenvalue weighted by molar-refractivity contribution is -0.121. The Labute approximate surface area is 209 Å². The molecule has 0 spiro atoms. The number of aryl methyl sites for hydroxylation is 3. The minimum atomic E-state index is -0.300. The summed E-state index contributed by atoms with van der Waals surface area (Å²) in [6.45, 7) is 7.73. The number of aromatic amines is 1. The molecule has 0 saturated carbocycles. The first-order valence-corrected chi connectivity index (χ1v) is 12.0. The lowest BCUT2D eigenvalue weighted by atomic mass is 10.0. The van der Waals surface area contributed by atoms with Gasteiger partial charge in [-0.3, -0.25) is 4.79 Å². The van der Waals surface area contributed by atoms with E-state index in [4.69, 9.17) is 4.98 Å². The van der Waals surface area contributed by atoms with Gasteiger partial charge in [0, 0.05) is 22.6 Å². The molecule has 36 heavy (non-hydrogen) atoms. The molecular formula is C28H29N7O. The topological polar surface area (TPSA) is 101 Å². The zero-order valence-corrected chi connectivity index (χ0v) is 20.9. The van der Waals surface area contributed by atoms with Gasteiger partial charge in [-0.05, 0) is 57.9 Å². The first kappa shape index (κ1) is 23.4. The number of rotatable bonds is 7. The minimum Gasteiger partial charge on any atom is -0.346 e. The predicted octanol–water partition coefficient (Wildman–Crippen LogP) is 4.41. The number of benzene rings is 2. The minimum absolute atomic E-state index is 0.0940. The number of imidazole rings is 1. The number of hydrogen-bond acceptors (Lipinski definition) is 5. The van der Waals surface area contributed by atoms with Crippen molar-refractivity contribution in [1.29, 1.82) is 0 Å². The van der Waals surface area contributed by atoms with Gasteiger partial charge in [0.05, 0.1) is 29.2 Å². The van der Waals surface area contributed by atoms with Crippen LogP contribution in [0, 0.1) is 27.7 Å². The molecular weight excluding hydrogens is 450 g/mol. The van der Waals surface area contributed by atoms with Crippen molar-refractivity contribution in [3.63, 3.8) is 0 Å². The molecule has 182 valence electrons. The molecule has 8 heteroatoms. The largest absolute Gasteiger partial charge is 0.346 e. The second-order valence-corrected chi connectivity index (χ2v) is 9.14. The van der Waals surface area contributed by atoms with E-state index >= 15 is 0 Å². The molecule has 1 atom stereocenters. The number of carbonyl (C=O) groups is 1. The Hall–Kier alpha value is -4.33. The summed E-state index contributed by atoms with van der Waals surface area (Å²) in [7, 11) is 0. The van der Waals surface area contributed by atoms with Crippen LogP contribution in [0.2, 0.25) is 0 Å². The van der Waals surface area contributed by atoms with Crippen LogP contribution in [-0.4, -0.2) is 35.6 Å². The van der Waals surface area contributed by atoms with E-state index in [1.54, 1.807) is 4.68 Å². The monoisotopic (exact) mass is 479 g/mol. The van der Waals surface area contributed by atoms with Crippen LogP contribution in [0.4, 0.5) is 0 Å². The number of hydrogen-bond donors (Lipinski definition) is 2. The summed E-state index contributed by atoms with van der Waals surface area (Å²) in [5.41, 5.74) is 7.21. The summed E-state index contributed by atoms with van der Waals surface area (Å²) in [6, 6.07) is 19.6. The maximum atomic E-state index is 13.3. The van der Waals surface area contributed by atoms with E-state index < -0.39 is 0 Å². The van der Waals surface area contributed by atoms with Crippen LogP contribution >= 0.6 is 0 Å². The molecule has 2 aromatic carbocycles. The summed E-state index contributed by atoms with van der Waals surface area (Å²) in [6.07, 6.45) is 0.827. The normalized spacial score (nSPS) is 12.1. The van der Waals surface area contributed by atoms with Crippen molar-refractivity contribution in [2.75, 3.05) is 0 Å². The molecule has 5 rings (SSSR count). The van der Waals surface area contributed by atoms with Crippen molar-refractivity contribution in [2.24, 2.45) is 0 Å². The summed E-state index contributed by atoms with van der Waals surface area (Å²) in [5, 5.41) is 7.85. The summed E-state index contributed by atoms with van der Waals surface area (Å²) in [5.74, 6) is 1.16. The van der Waals surface area contributed by atoms with E-state index in [-0.39, 0.29) is 18.4 Å². The van der Waals surface area contributed by atoms with Crippen LogP contribution in [0.25, 0.3) is 17.0 Å². The SMILES string of the molecule is Cc1cc(C)nc(-n2nc(C)c(CC(=O)N[C@@H](Cc3ccccc3)c3nc4ccccc4[nH]3)c2C)n1. The fourth-order valence-electron chi connectivity index (χ4n) is 4.54. The van der Waals surface area contributed by atoms with Gasteiger partial charge in [0.15, 0.2) is 0 Å². The smallest absolute Gasteiger partial charge is 0.251 e. The van der Waals surface area contributed by atoms with Gasteiger partial charge in [0.2, 0.25) is 5.91 Å². The molecule has 3 aromatic heterocycles. The summed E-state index contributed by atoms with van der Waals surface area (Å²) >= 11 is 0. The molecule has 0 radical (unpaired) electrons. The standard InChI is InChI=1S/C28H29N7O/c1-17-14-18(2)30-28(29-17)35-20(4)22(19(3)34-35)16-26(36)31-25(15-21-10-6-5-7-11-21)27-32-23-12-8-9-13-24(23)33-27/h5-14,25H,15-16H2,1-4H3,(H,31,36)(H,32,33)/t25-/m0/s1. The zero-order valence-electron chi connectivity index (χ0n) is 20.9. The highest BCUT2D eigenvalue weighted by molar-refractivity contribution is 5.80. The maximum absolute atomic E-state index is 13.3. The molecule has 1 amide bonds. The fraction of sp³-hybridized carbons (Fsp3) is 0.250. The number of amides is 1. The summed E-state index contributed by atoms with van der Waals surface area (Å²) < 4.78 is 1.72. The number of nitrogens with zero attached hydrogens (tertiary/aromatic N) is 5. The average Bonchev–Trinajstić information content (AvgIpc) is 3.40. The van der Waals surface area contributed by atoms with Gasteiger partial charge in [-0.1, -0.05) is 42.5 Å². The maximum Gasteiger partial charge on any atom is 0.251 e. The second kappa shape index (κ2) is 9.73. The van der Waals surface area contributed by atoms with Crippen LogP contribution < -0.4 is 5.32 Å². The van der Waals surface area contributed by atoms with Crippen molar-refractivity contribution < 1.29 is 4.79 Å². The average molecular weight is 480 g/mol. The molecule has 0 saturated heterocycles. The van der Waals surface area contributed by atoms with Crippen LogP contribution in [0.3, 0.4) is 0 Å². The van der Waals surface area contributed by atoms with Crippen molar-refractivity contribution in [3.05, 3.63) is 100 Å². The van der Waals surface area contributed by atoms with Gasteiger partial charge in [0.1, 0.15) is 5.82 Å². The Morgan fingerprint density at radius 1 is 0.944 bits per heavy atom. The number of fused-ring (bicyclic) bond motifs is 1. The Kier molecular flexibility index (Phi) is 6.33. The third kappa shape index (κ3) is 4.88. The number of para-hydroxylation sites is 2. The van der Waals surface area contributed by atoms with Crippen molar-refractivity contribution in [1.82, 2.24) is 35.0 Å². The molecule has 5 aromatic rings. The lowest BCUT2D eigenvalue weighted by Gasteiger charge is -2.17. The lowest BCUT2D eigenvalue weighted by Crippen LogP contribution is -2.32. The highest BCUT2D eigenvalue weighted by Crippen LogP contribution is 2.22. The van der Waals surface area contributed by atoms with Crippen molar-refractivity contribution >= 4 is 16.9 Å². The van der Waals surface area contributed by atoms with Crippen LogP contribution in [0.15, 0.2) is 60.7 Å². The van der Waals surface area contributed by atoms with Gasteiger partial charge in [-0.15, -0.1) is 0 Å². The summed E-state index contributed by atoms with van der Waals surface area (Å²) in [4.78, 5) is 30.5. The number of carbonyl (C=O) groups excluding carboxylic acids is 1. The molecule has 0 aliphatic rings. The molecule has 0 aliphatic heterocycles. The van der Waals surface area contributed by atoms with E-state index in [0.29, 0.717) is 12.4 Å². The first-order chi connectivity index (χ1) is 17.4. The zero-order chi connectivity index (χ0) is 25.2. The van der Waals surface area contributed by atoms with E-state index in [2.05, 4.69) is 37.5 Å². The van der Waals surface area contributed by atoms with Gasteiger partial charge < -0.3 is 10.3 Å². The third-order valence-corrected chi connectivity index (χ3v) is 6.29. The van der Waals surface area contributed by atoms with Gasteiger partial charge >= 0.3 is 0 Å². The first-order valence-electron chi connectivity index (χ1n) is 12.0. The molecule has 0 unspecified atom stereocenters. The highest BCUT2D eigenvalue weighted by atomic mass is 16.1. The Balaban J connectivity index is 1.41. The Bertz CT molecular complexity index is 1480. The molecule has 3 heterocycles. The highest BCUT2D eigenvalue weighted by Gasteiger charge is 2.22. The molecule has 0 aliphatic carbocycles. The van der Waals surface area contributed by atoms with Gasteiger partial charge in [0.25, 0.3) is 5.95 Å². The number of nitrogens with one attached hydrogen (secondary N) is 2. The third-order valence-electron chi connectivity index (χ3n) is 6.29. The Morgan fingerprint density at radius 3 is 2.36 bits per heavy atom. The van der Waals surface area contributed by atoms with Crippen molar-refractivity contribution in [2.45, 2.75) is 46.6 Å². The molecule has 8 nitrogen and oxygen atoms in total. The van der Waals surface area contributed by atoms with Crippen LogP contribution in [0.1, 0.15) is 45.8 Å². The number of H-pyrrole nitrogens is 1. The van der Waals surface area contributed by atoms with E-state index in [0.717, 1.165) is 50.8 Å². The van der Waals surface area contributed by atoms with Gasteiger partial charge in [-0.2, -0.15) is 5.10 Å². The second-order valence-electron chi connectivity index (χ2n) is 9.14. The number of aromatic nitrogens is 6. The molecule has 0 fully saturated rings. The quantitative estimate of drug-likeness (QED) is 0.360. The van der Waals surface area contributed by atoms with Crippen molar-refractivity contribution in [3.8, 4) is 5.95 Å². The van der Waals surface area contributed by atoms with Crippen LogP contribution in [-0.2, 0) is 17.6 Å². The molecule has 2 N–H and O–H groups in total. The Morgan fingerprint density at radius 2 is 1.64 bits per heavy atom. The van der Waals surface area contributed by atoms with E-state index in [1.807, 2.05) is 76.2 Å².